The van der Waals surface area contributed by atoms with Crippen LogP contribution in [0.3, 0.4) is 0 Å². The minimum atomic E-state index is -0.636. The van der Waals surface area contributed by atoms with E-state index in [4.69, 9.17) is 9.26 Å². The topological polar surface area (TPSA) is 93.9 Å². The first-order valence-electron chi connectivity index (χ1n) is 4.32. The summed E-state index contributed by atoms with van der Waals surface area (Å²) in [6, 6.07) is 0. The summed E-state index contributed by atoms with van der Waals surface area (Å²) < 4.78 is 9.40. The van der Waals surface area contributed by atoms with Crippen molar-refractivity contribution in [2.24, 2.45) is 0 Å². The van der Waals surface area contributed by atoms with Crippen LogP contribution in [-0.4, -0.2) is 32.7 Å². The molecule has 0 amide bonds. The number of esters is 1. The van der Waals surface area contributed by atoms with Gasteiger partial charge in [0.25, 0.3) is 0 Å². The van der Waals surface area contributed by atoms with E-state index in [2.05, 4.69) is 20.1 Å². The van der Waals surface area contributed by atoms with Crippen LogP contribution in [-0.2, 0) is 4.74 Å². The van der Waals surface area contributed by atoms with Crippen molar-refractivity contribution in [3.8, 4) is 11.6 Å². The Bertz CT molecular complexity index is 448. The van der Waals surface area contributed by atoms with Crippen LogP contribution in [0.25, 0.3) is 11.6 Å². The van der Waals surface area contributed by atoms with E-state index in [1.165, 1.54) is 0 Å². The molecule has 78 valence electrons. The zero-order valence-electron chi connectivity index (χ0n) is 7.93. The van der Waals surface area contributed by atoms with Crippen LogP contribution >= 0.6 is 0 Å². The molecule has 0 aliphatic carbocycles. The average molecular weight is 208 g/mol. The second-order valence-electron chi connectivity index (χ2n) is 2.58. The summed E-state index contributed by atoms with van der Waals surface area (Å²) in [5.74, 6) is -0.150. The normalized spacial score (nSPS) is 10.2. The van der Waals surface area contributed by atoms with E-state index in [-0.39, 0.29) is 18.3 Å². The molecule has 7 nitrogen and oxygen atoms in total. The molecule has 0 atom stereocenters. The number of nitrogens with one attached hydrogen (secondary N) is 1. The van der Waals surface area contributed by atoms with Crippen LogP contribution in [0.15, 0.2) is 16.9 Å². The maximum absolute atomic E-state index is 11.2. The van der Waals surface area contributed by atoms with Gasteiger partial charge in [-0.15, -0.1) is 0 Å². The van der Waals surface area contributed by atoms with Gasteiger partial charge in [-0.05, 0) is 6.92 Å². The number of imidazole rings is 1. The molecule has 0 bridgehead atoms. The van der Waals surface area contributed by atoms with E-state index in [1.54, 1.807) is 19.3 Å². The Labute approximate surface area is 84.5 Å². The summed E-state index contributed by atoms with van der Waals surface area (Å²) in [4.78, 5) is 21.7. The molecule has 2 heterocycles. The van der Waals surface area contributed by atoms with Crippen LogP contribution in [0.4, 0.5) is 0 Å². The third-order valence-electron chi connectivity index (χ3n) is 1.59. The monoisotopic (exact) mass is 208 g/mol. The minimum Gasteiger partial charge on any atom is -0.459 e. The number of carbonyl (C=O) groups excluding carboxylic acids is 1. The summed E-state index contributed by atoms with van der Waals surface area (Å²) in [6.45, 7) is 1.96. The first kappa shape index (κ1) is 9.38. The Morgan fingerprint density at radius 2 is 2.53 bits per heavy atom. The molecule has 2 aromatic rings. The molecule has 0 aliphatic rings. The Hall–Kier alpha value is -2.18. The van der Waals surface area contributed by atoms with Gasteiger partial charge in [-0.25, -0.2) is 9.78 Å². The highest BCUT2D eigenvalue weighted by Crippen LogP contribution is 2.09. The molecule has 0 fully saturated rings. The highest BCUT2D eigenvalue weighted by atomic mass is 16.6. The lowest BCUT2D eigenvalue weighted by molar-refractivity contribution is 0.0470. The van der Waals surface area contributed by atoms with Gasteiger partial charge in [-0.2, -0.15) is 4.98 Å². The van der Waals surface area contributed by atoms with Crippen molar-refractivity contribution in [2.45, 2.75) is 6.92 Å². The lowest BCUT2D eigenvalue weighted by Gasteiger charge is -1.93. The van der Waals surface area contributed by atoms with Crippen molar-refractivity contribution in [2.75, 3.05) is 6.61 Å². The average Bonchev–Trinajstić information content (AvgIpc) is 2.89. The second-order valence-corrected chi connectivity index (χ2v) is 2.58. The van der Waals surface area contributed by atoms with E-state index < -0.39 is 5.97 Å². The van der Waals surface area contributed by atoms with Gasteiger partial charge in [0, 0.05) is 12.4 Å². The summed E-state index contributed by atoms with van der Waals surface area (Å²) >= 11 is 0. The number of hydrogen-bond acceptors (Lipinski definition) is 6. The molecule has 2 rings (SSSR count). The SMILES string of the molecule is CCOC(=O)c1nc(-c2ncc[nH]2)no1. The quantitative estimate of drug-likeness (QED) is 0.743. The molecule has 0 saturated carbocycles. The van der Waals surface area contributed by atoms with Gasteiger partial charge in [0.05, 0.1) is 6.61 Å². The fourth-order valence-electron chi connectivity index (χ4n) is 0.983. The molecule has 0 radical (unpaired) electrons. The van der Waals surface area contributed by atoms with Gasteiger partial charge in [0.2, 0.25) is 5.82 Å². The Morgan fingerprint density at radius 1 is 1.67 bits per heavy atom. The standard InChI is InChI=1S/C8H8N4O3/c1-2-14-8(13)7-11-6(12-15-7)5-9-3-4-10-5/h3-4H,2H2,1H3,(H,9,10). The molecule has 2 aromatic heterocycles. The van der Waals surface area contributed by atoms with Gasteiger partial charge >= 0.3 is 11.9 Å². The molecule has 0 aromatic carbocycles. The molecule has 15 heavy (non-hydrogen) atoms. The number of hydrogen-bond donors (Lipinski definition) is 1. The molecule has 0 saturated heterocycles. The fraction of sp³-hybridized carbons (Fsp3) is 0.250. The van der Waals surface area contributed by atoms with E-state index in [0.29, 0.717) is 5.82 Å². The number of rotatable bonds is 3. The van der Waals surface area contributed by atoms with E-state index >= 15 is 0 Å². The van der Waals surface area contributed by atoms with Crippen LogP contribution in [0.1, 0.15) is 17.6 Å². The molecular weight excluding hydrogens is 200 g/mol. The van der Waals surface area contributed by atoms with Crippen molar-refractivity contribution in [3.05, 3.63) is 18.3 Å². The Kier molecular flexibility index (Phi) is 2.44. The van der Waals surface area contributed by atoms with Crippen molar-refractivity contribution in [1.29, 1.82) is 0 Å². The second kappa shape index (κ2) is 3.91. The van der Waals surface area contributed by atoms with Crippen LogP contribution < -0.4 is 0 Å². The first-order valence-corrected chi connectivity index (χ1v) is 4.32. The number of aromatic amines is 1. The summed E-state index contributed by atoms with van der Waals surface area (Å²) in [5, 5.41) is 3.58. The molecule has 0 spiro atoms. The molecule has 0 aliphatic heterocycles. The number of H-pyrrole nitrogens is 1. The van der Waals surface area contributed by atoms with E-state index in [9.17, 15) is 4.79 Å². The summed E-state index contributed by atoms with van der Waals surface area (Å²) in [7, 11) is 0. The van der Waals surface area contributed by atoms with Crippen molar-refractivity contribution < 1.29 is 14.1 Å². The first-order chi connectivity index (χ1) is 7.31. The predicted octanol–water partition coefficient (Wildman–Crippen LogP) is 0.636. The maximum atomic E-state index is 11.2. The van der Waals surface area contributed by atoms with Crippen LogP contribution in [0, 0.1) is 0 Å². The predicted molar refractivity (Wildman–Crippen MR) is 47.8 cm³/mol. The number of carbonyl (C=O) groups is 1. The van der Waals surface area contributed by atoms with Crippen molar-refractivity contribution >= 4 is 5.97 Å². The Balaban J connectivity index is 2.21. The van der Waals surface area contributed by atoms with Gasteiger partial charge in [0.1, 0.15) is 0 Å². The highest BCUT2D eigenvalue weighted by molar-refractivity contribution is 5.84. The third kappa shape index (κ3) is 1.85. The fourth-order valence-corrected chi connectivity index (χ4v) is 0.983. The van der Waals surface area contributed by atoms with Crippen LogP contribution in [0.2, 0.25) is 0 Å². The largest absolute Gasteiger partial charge is 0.459 e. The highest BCUT2D eigenvalue weighted by Gasteiger charge is 2.17. The maximum Gasteiger partial charge on any atom is 0.397 e. The smallest absolute Gasteiger partial charge is 0.397 e. The zero-order chi connectivity index (χ0) is 10.7. The molecule has 1 N–H and O–H groups in total. The van der Waals surface area contributed by atoms with Gasteiger partial charge < -0.3 is 14.2 Å². The number of aromatic nitrogens is 4. The van der Waals surface area contributed by atoms with Crippen molar-refractivity contribution in [1.82, 2.24) is 20.1 Å². The van der Waals surface area contributed by atoms with E-state index in [1.807, 2.05) is 0 Å². The van der Waals surface area contributed by atoms with Crippen LogP contribution in [0.5, 0.6) is 0 Å². The van der Waals surface area contributed by atoms with Crippen molar-refractivity contribution in [3.63, 3.8) is 0 Å². The number of ether oxygens (including phenoxy) is 1. The minimum absolute atomic E-state index is 0.178. The van der Waals surface area contributed by atoms with Gasteiger partial charge in [-0.3, -0.25) is 0 Å². The van der Waals surface area contributed by atoms with Gasteiger partial charge in [0.15, 0.2) is 5.82 Å². The lowest BCUT2D eigenvalue weighted by atomic mass is 10.6. The summed E-state index contributed by atoms with van der Waals surface area (Å²) in [5.41, 5.74) is 0. The zero-order valence-corrected chi connectivity index (χ0v) is 7.93. The van der Waals surface area contributed by atoms with Gasteiger partial charge in [-0.1, -0.05) is 5.16 Å². The Morgan fingerprint density at radius 3 is 3.20 bits per heavy atom. The molecule has 7 heteroatoms. The summed E-state index contributed by atoms with van der Waals surface area (Å²) in [6.07, 6.45) is 3.17. The molecule has 0 unspecified atom stereocenters. The third-order valence-corrected chi connectivity index (χ3v) is 1.59. The number of nitrogens with zero attached hydrogens (tertiary/aromatic N) is 3. The molecular formula is C8H8N4O3. The lowest BCUT2D eigenvalue weighted by Crippen LogP contribution is -2.04. The van der Waals surface area contributed by atoms with E-state index in [0.717, 1.165) is 0 Å².